The summed E-state index contributed by atoms with van der Waals surface area (Å²) < 4.78 is 6.35. The van der Waals surface area contributed by atoms with E-state index in [1.165, 1.54) is 11.1 Å². The first-order valence-electron chi connectivity index (χ1n) is 8.64. The second-order valence-corrected chi connectivity index (χ2v) is 5.71. The van der Waals surface area contributed by atoms with Crippen molar-refractivity contribution in [3.8, 4) is 11.5 Å². The molecule has 0 amide bonds. The van der Waals surface area contributed by atoms with Gasteiger partial charge in [0.15, 0.2) is 0 Å². The van der Waals surface area contributed by atoms with Gasteiger partial charge in [-0.3, -0.25) is 0 Å². The molecular weight excluding hydrogens is 304 g/mol. The Morgan fingerprint density at radius 1 is 0.760 bits per heavy atom. The molecule has 0 aliphatic carbocycles. The quantitative estimate of drug-likeness (QED) is 0.457. The fraction of sp³-hybridized carbons (Fsp3) is 0.167. The maximum atomic E-state index is 6.35. The Balaban J connectivity index is 2.45. The summed E-state index contributed by atoms with van der Waals surface area (Å²) in [4.78, 5) is 0. The highest BCUT2D eigenvalue weighted by molar-refractivity contribution is 5.74. The summed E-state index contributed by atoms with van der Waals surface area (Å²) >= 11 is 0. The summed E-state index contributed by atoms with van der Waals surface area (Å²) in [5.74, 6) is 1.72. The minimum Gasteiger partial charge on any atom is -0.456 e. The first-order chi connectivity index (χ1) is 12.2. The molecule has 25 heavy (non-hydrogen) atoms. The van der Waals surface area contributed by atoms with Crippen molar-refractivity contribution >= 4 is 11.1 Å². The lowest BCUT2D eigenvalue weighted by atomic mass is 10.0. The highest BCUT2D eigenvalue weighted by Crippen LogP contribution is 2.36. The van der Waals surface area contributed by atoms with E-state index in [4.69, 9.17) is 4.74 Å². The average molecular weight is 330 g/mol. The number of hydrogen-bond donors (Lipinski definition) is 0. The summed E-state index contributed by atoms with van der Waals surface area (Å²) in [7, 11) is 0. The van der Waals surface area contributed by atoms with Gasteiger partial charge < -0.3 is 4.74 Å². The smallest absolute Gasteiger partial charge is 0.134 e. The first-order valence-corrected chi connectivity index (χ1v) is 8.64. The molecule has 0 unspecified atom stereocenters. The number of hydrogen-bond acceptors (Lipinski definition) is 1. The summed E-state index contributed by atoms with van der Waals surface area (Å²) in [6.45, 7) is 11.8. The number of rotatable bonds is 8. The molecule has 0 atom stereocenters. The molecular formula is C24H26O. The lowest BCUT2D eigenvalue weighted by Crippen LogP contribution is -1.95. The SMILES string of the molecule is C=CCC(=CC)c1ccccc1Oc1ccccc1C(=CC)CC=C. The Labute approximate surface area is 151 Å². The number of ether oxygens (including phenoxy) is 1. The highest BCUT2D eigenvalue weighted by atomic mass is 16.5. The van der Waals surface area contributed by atoms with Crippen LogP contribution in [0.4, 0.5) is 0 Å². The van der Waals surface area contributed by atoms with Gasteiger partial charge in [0.1, 0.15) is 11.5 Å². The van der Waals surface area contributed by atoms with Crippen molar-refractivity contribution in [1.82, 2.24) is 0 Å². The predicted octanol–water partition coefficient (Wildman–Crippen LogP) is 7.44. The molecule has 2 aromatic carbocycles. The Hall–Kier alpha value is -2.80. The number of para-hydroxylation sites is 2. The number of allylic oxidation sites excluding steroid dienone is 6. The molecule has 0 aromatic heterocycles. The van der Waals surface area contributed by atoms with Crippen molar-refractivity contribution < 1.29 is 4.74 Å². The largest absolute Gasteiger partial charge is 0.456 e. The van der Waals surface area contributed by atoms with Crippen molar-refractivity contribution in [1.29, 1.82) is 0 Å². The van der Waals surface area contributed by atoms with Crippen molar-refractivity contribution in [2.45, 2.75) is 26.7 Å². The van der Waals surface area contributed by atoms with E-state index in [1.807, 2.05) is 62.4 Å². The zero-order valence-electron chi connectivity index (χ0n) is 15.2. The van der Waals surface area contributed by atoms with Crippen LogP contribution in [0.2, 0.25) is 0 Å². The lowest BCUT2D eigenvalue weighted by Gasteiger charge is -2.16. The van der Waals surface area contributed by atoms with Gasteiger partial charge in [-0.1, -0.05) is 60.7 Å². The second-order valence-electron chi connectivity index (χ2n) is 5.71. The van der Waals surface area contributed by atoms with Crippen molar-refractivity contribution in [3.63, 3.8) is 0 Å². The maximum absolute atomic E-state index is 6.35. The first kappa shape index (κ1) is 18.5. The topological polar surface area (TPSA) is 9.23 Å². The monoisotopic (exact) mass is 330 g/mol. The van der Waals surface area contributed by atoms with Crippen LogP contribution >= 0.6 is 0 Å². The normalized spacial score (nSPS) is 11.9. The third kappa shape index (κ3) is 4.60. The van der Waals surface area contributed by atoms with E-state index < -0.39 is 0 Å². The maximum Gasteiger partial charge on any atom is 0.134 e. The Morgan fingerprint density at radius 2 is 1.16 bits per heavy atom. The van der Waals surface area contributed by atoms with E-state index in [0.717, 1.165) is 35.5 Å². The molecule has 0 N–H and O–H groups in total. The fourth-order valence-electron chi connectivity index (χ4n) is 2.84. The van der Waals surface area contributed by atoms with Gasteiger partial charge in [0.25, 0.3) is 0 Å². The third-order valence-corrected chi connectivity index (χ3v) is 4.11. The molecule has 2 aromatic rings. The van der Waals surface area contributed by atoms with E-state index >= 15 is 0 Å². The predicted molar refractivity (Wildman–Crippen MR) is 110 cm³/mol. The minimum atomic E-state index is 0.815. The molecule has 0 spiro atoms. The van der Waals surface area contributed by atoms with Crippen LogP contribution in [-0.2, 0) is 0 Å². The summed E-state index contributed by atoms with van der Waals surface area (Å²) in [6, 6.07) is 16.3. The van der Waals surface area contributed by atoms with Crippen molar-refractivity contribution in [2.75, 3.05) is 0 Å². The molecule has 0 aliphatic heterocycles. The van der Waals surface area contributed by atoms with Gasteiger partial charge in [0.05, 0.1) is 0 Å². The van der Waals surface area contributed by atoms with Gasteiger partial charge in [0, 0.05) is 11.1 Å². The fourth-order valence-corrected chi connectivity index (χ4v) is 2.84. The summed E-state index contributed by atoms with van der Waals surface area (Å²) in [5, 5.41) is 0. The molecule has 0 saturated carbocycles. The standard InChI is InChI=1S/C24H26O/c1-5-13-19(7-3)21-15-9-11-17-23(21)25-24-18-12-10-16-22(24)20(8-4)14-6-2/h5-12,15-18H,1-2,13-14H2,3-4H3. The molecule has 0 aliphatic rings. The summed E-state index contributed by atoms with van der Waals surface area (Å²) in [6.07, 6.45) is 9.70. The Kier molecular flexibility index (Phi) is 7.03. The highest BCUT2D eigenvalue weighted by Gasteiger charge is 2.12. The molecule has 1 heteroatoms. The van der Waals surface area contributed by atoms with Crippen LogP contribution in [0.1, 0.15) is 37.8 Å². The van der Waals surface area contributed by atoms with Crippen LogP contribution in [-0.4, -0.2) is 0 Å². The second kappa shape index (κ2) is 9.48. The van der Waals surface area contributed by atoms with Crippen LogP contribution in [0.25, 0.3) is 11.1 Å². The van der Waals surface area contributed by atoms with Crippen molar-refractivity contribution in [3.05, 3.63) is 97.1 Å². The van der Waals surface area contributed by atoms with E-state index in [1.54, 1.807) is 0 Å². The van der Waals surface area contributed by atoms with Crippen LogP contribution < -0.4 is 4.74 Å². The Morgan fingerprint density at radius 3 is 1.52 bits per heavy atom. The van der Waals surface area contributed by atoms with Gasteiger partial charge in [-0.05, 0) is 50.0 Å². The average Bonchev–Trinajstić information content (AvgIpc) is 2.65. The number of benzene rings is 2. The van der Waals surface area contributed by atoms with Gasteiger partial charge >= 0.3 is 0 Å². The van der Waals surface area contributed by atoms with E-state index in [9.17, 15) is 0 Å². The van der Waals surface area contributed by atoms with Crippen molar-refractivity contribution in [2.24, 2.45) is 0 Å². The van der Waals surface area contributed by atoms with Crippen LogP contribution in [0, 0.1) is 0 Å². The van der Waals surface area contributed by atoms with Crippen LogP contribution in [0.5, 0.6) is 11.5 Å². The molecule has 0 fully saturated rings. The molecule has 2 rings (SSSR count). The molecule has 0 bridgehead atoms. The Bertz CT molecular complexity index is 726. The van der Waals surface area contributed by atoms with Gasteiger partial charge in [-0.2, -0.15) is 0 Å². The molecule has 0 radical (unpaired) electrons. The zero-order valence-corrected chi connectivity index (χ0v) is 15.2. The molecule has 0 heterocycles. The van der Waals surface area contributed by atoms with Gasteiger partial charge in [-0.25, -0.2) is 0 Å². The van der Waals surface area contributed by atoms with E-state index in [0.29, 0.717) is 0 Å². The van der Waals surface area contributed by atoms with E-state index in [2.05, 4.69) is 37.4 Å². The third-order valence-electron chi connectivity index (χ3n) is 4.11. The minimum absolute atomic E-state index is 0.815. The van der Waals surface area contributed by atoms with Crippen LogP contribution in [0.3, 0.4) is 0 Å². The van der Waals surface area contributed by atoms with Gasteiger partial charge in [0.2, 0.25) is 0 Å². The summed E-state index contributed by atoms with van der Waals surface area (Å²) in [5.41, 5.74) is 4.62. The van der Waals surface area contributed by atoms with Gasteiger partial charge in [-0.15, -0.1) is 13.2 Å². The van der Waals surface area contributed by atoms with Crippen LogP contribution in [0.15, 0.2) is 86.0 Å². The van der Waals surface area contributed by atoms with E-state index in [-0.39, 0.29) is 0 Å². The molecule has 0 saturated heterocycles. The lowest BCUT2D eigenvalue weighted by molar-refractivity contribution is 0.479. The molecule has 1 nitrogen and oxygen atoms in total. The molecule has 128 valence electrons. The zero-order chi connectivity index (χ0) is 18.1.